The smallest absolute Gasteiger partial charge is 0.227 e. The van der Waals surface area contributed by atoms with Crippen LogP contribution in [0.25, 0.3) is 0 Å². The molecule has 170 valence electrons. The summed E-state index contributed by atoms with van der Waals surface area (Å²) < 4.78 is 0. The van der Waals surface area contributed by atoms with Crippen molar-refractivity contribution < 1.29 is 9.90 Å². The largest absolute Gasteiger partial charge is 0.393 e. The summed E-state index contributed by atoms with van der Waals surface area (Å²) in [6.45, 7) is 4.11. The third-order valence-electron chi connectivity index (χ3n) is 6.93. The van der Waals surface area contributed by atoms with Crippen LogP contribution < -0.4 is 10.6 Å². The van der Waals surface area contributed by atoms with E-state index in [-0.39, 0.29) is 29.5 Å². The first kappa shape index (κ1) is 23.3. The molecule has 2 atom stereocenters. The van der Waals surface area contributed by atoms with E-state index in [1.165, 1.54) is 0 Å². The number of nitrogens with zero attached hydrogens (tertiary/aromatic N) is 4. The van der Waals surface area contributed by atoms with Gasteiger partial charge in [0.1, 0.15) is 17.5 Å². The Hall–Kier alpha value is -2.40. The Morgan fingerprint density at radius 3 is 2.48 bits per heavy atom. The highest BCUT2D eigenvalue weighted by Crippen LogP contribution is 2.40. The number of amides is 1. The number of nitrogens with one attached hydrogen (secondary N) is 2. The van der Waals surface area contributed by atoms with Crippen LogP contribution in [-0.2, 0) is 4.79 Å². The normalized spacial score (nSPS) is 26.6. The molecule has 1 aromatic heterocycles. The molecule has 0 radical (unpaired) electrons. The number of hydrogen-bond donors (Lipinski definition) is 3. The van der Waals surface area contributed by atoms with Gasteiger partial charge in [0.15, 0.2) is 0 Å². The molecule has 1 aromatic rings. The lowest BCUT2D eigenvalue weighted by atomic mass is 9.69. The molecule has 2 fully saturated rings. The standard InChI is InChI=1S/C23H36N6O2/c1-23(2,21(31)29(3)4)16-8-10-17(11-9-16)27-22-25-14-15(13-24)20(28-22)26-18-6-5-7-19(30)12-18/h14,16-19,30H,5-12H2,1-4H3,(H2,25,26,27,28). The second-order valence-electron chi connectivity index (χ2n) is 9.84. The van der Waals surface area contributed by atoms with E-state index in [1.54, 1.807) is 11.1 Å². The molecule has 31 heavy (non-hydrogen) atoms. The molecule has 0 spiro atoms. The lowest BCUT2D eigenvalue weighted by Gasteiger charge is -2.39. The Bertz CT molecular complexity index is 811. The van der Waals surface area contributed by atoms with Crippen molar-refractivity contribution in [2.24, 2.45) is 11.3 Å². The van der Waals surface area contributed by atoms with E-state index in [4.69, 9.17) is 0 Å². The van der Waals surface area contributed by atoms with E-state index in [0.29, 0.717) is 29.7 Å². The highest BCUT2D eigenvalue weighted by Gasteiger charge is 2.39. The van der Waals surface area contributed by atoms with E-state index >= 15 is 0 Å². The minimum absolute atomic E-state index is 0.116. The molecule has 2 saturated carbocycles. The minimum atomic E-state index is -0.360. The van der Waals surface area contributed by atoms with Crippen LogP contribution in [0.3, 0.4) is 0 Å². The third-order valence-corrected chi connectivity index (χ3v) is 6.93. The molecule has 3 N–H and O–H groups in total. The van der Waals surface area contributed by atoms with Gasteiger partial charge in [-0.15, -0.1) is 0 Å². The molecule has 0 aliphatic heterocycles. The van der Waals surface area contributed by atoms with E-state index in [9.17, 15) is 15.2 Å². The predicted molar refractivity (Wildman–Crippen MR) is 120 cm³/mol. The molecule has 8 nitrogen and oxygen atoms in total. The van der Waals surface area contributed by atoms with Gasteiger partial charge in [0.05, 0.1) is 12.3 Å². The average molecular weight is 429 g/mol. The molecule has 2 aliphatic rings. The number of carbonyl (C=O) groups is 1. The molecule has 2 aliphatic carbocycles. The Labute approximate surface area is 185 Å². The van der Waals surface area contributed by atoms with E-state index in [0.717, 1.165) is 44.9 Å². The first-order valence-corrected chi connectivity index (χ1v) is 11.4. The zero-order valence-electron chi connectivity index (χ0n) is 19.2. The maximum atomic E-state index is 12.6. The topological polar surface area (TPSA) is 114 Å². The van der Waals surface area contributed by atoms with Crippen molar-refractivity contribution in [3.05, 3.63) is 11.8 Å². The highest BCUT2D eigenvalue weighted by molar-refractivity contribution is 5.81. The number of nitriles is 1. The van der Waals surface area contributed by atoms with Crippen LogP contribution in [0.15, 0.2) is 6.20 Å². The molecule has 0 saturated heterocycles. The van der Waals surface area contributed by atoms with Crippen molar-refractivity contribution in [1.82, 2.24) is 14.9 Å². The van der Waals surface area contributed by atoms with Gasteiger partial charge in [0.25, 0.3) is 0 Å². The Balaban J connectivity index is 1.61. The van der Waals surface area contributed by atoms with E-state index < -0.39 is 0 Å². The fraction of sp³-hybridized carbons (Fsp3) is 0.739. The number of anilines is 2. The van der Waals surface area contributed by atoms with Gasteiger partial charge in [-0.1, -0.05) is 13.8 Å². The zero-order chi connectivity index (χ0) is 22.6. The van der Waals surface area contributed by atoms with Crippen molar-refractivity contribution >= 4 is 17.7 Å². The number of aliphatic hydroxyl groups is 1. The first-order valence-electron chi connectivity index (χ1n) is 11.4. The molecule has 2 unspecified atom stereocenters. The number of hydrogen-bond acceptors (Lipinski definition) is 7. The van der Waals surface area contributed by atoms with Gasteiger partial charge >= 0.3 is 0 Å². The summed E-state index contributed by atoms with van der Waals surface area (Å²) in [7, 11) is 3.64. The number of rotatable bonds is 6. The quantitative estimate of drug-likeness (QED) is 0.638. The van der Waals surface area contributed by atoms with Crippen LogP contribution in [0, 0.1) is 22.7 Å². The molecule has 1 heterocycles. The molecule has 0 bridgehead atoms. The van der Waals surface area contributed by atoms with Crippen molar-refractivity contribution in [3.63, 3.8) is 0 Å². The van der Waals surface area contributed by atoms with Crippen LogP contribution in [-0.4, -0.2) is 58.2 Å². The van der Waals surface area contributed by atoms with Gasteiger partial charge in [-0.3, -0.25) is 4.79 Å². The number of carbonyl (C=O) groups excluding carboxylic acids is 1. The van der Waals surface area contributed by atoms with E-state index in [1.807, 2.05) is 14.1 Å². The lowest BCUT2D eigenvalue weighted by Crippen LogP contribution is -2.43. The Morgan fingerprint density at radius 2 is 1.87 bits per heavy atom. The van der Waals surface area contributed by atoms with E-state index in [2.05, 4.69) is 40.5 Å². The molecule has 3 rings (SSSR count). The van der Waals surface area contributed by atoms with Gasteiger partial charge in [-0.2, -0.15) is 10.2 Å². The molecule has 0 aromatic carbocycles. The monoisotopic (exact) mass is 428 g/mol. The van der Waals surface area contributed by atoms with Crippen LogP contribution in [0.2, 0.25) is 0 Å². The Morgan fingerprint density at radius 1 is 1.16 bits per heavy atom. The summed E-state index contributed by atoms with van der Waals surface area (Å²) in [5.41, 5.74) is 0.0550. The van der Waals surface area contributed by atoms with Crippen LogP contribution in [0.4, 0.5) is 11.8 Å². The Kier molecular flexibility index (Phi) is 7.37. The predicted octanol–water partition coefficient (Wildman–Crippen LogP) is 3.15. The highest BCUT2D eigenvalue weighted by atomic mass is 16.3. The van der Waals surface area contributed by atoms with Crippen LogP contribution in [0.5, 0.6) is 0 Å². The average Bonchev–Trinajstić information content (AvgIpc) is 2.74. The first-order chi connectivity index (χ1) is 14.7. The summed E-state index contributed by atoms with van der Waals surface area (Å²) in [5.74, 6) is 1.59. The fourth-order valence-electron chi connectivity index (χ4n) is 5.02. The summed E-state index contributed by atoms with van der Waals surface area (Å²) in [5, 5.41) is 26.1. The second kappa shape index (κ2) is 9.82. The maximum Gasteiger partial charge on any atom is 0.227 e. The third kappa shape index (κ3) is 5.65. The second-order valence-corrected chi connectivity index (χ2v) is 9.84. The van der Waals surface area contributed by atoms with Crippen LogP contribution >= 0.6 is 0 Å². The number of aromatic nitrogens is 2. The molecular formula is C23H36N6O2. The molecule has 8 heteroatoms. The summed E-state index contributed by atoms with van der Waals surface area (Å²) >= 11 is 0. The SMILES string of the molecule is CN(C)C(=O)C(C)(C)C1CCC(Nc2ncc(C#N)c(NC3CCCC(O)C3)n2)CC1. The van der Waals surface area contributed by atoms with Gasteiger partial charge in [0.2, 0.25) is 11.9 Å². The summed E-state index contributed by atoms with van der Waals surface area (Å²) in [4.78, 5) is 23.2. The molecule has 1 amide bonds. The van der Waals surface area contributed by atoms with Gasteiger partial charge in [0, 0.05) is 31.6 Å². The molecular weight excluding hydrogens is 392 g/mol. The van der Waals surface area contributed by atoms with Gasteiger partial charge in [-0.05, 0) is 57.3 Å². The van der Waals surface area contributed by atoms with Crippen molar-refractivity contribution in [2.45, 2.75) is 83.4 Å². The fourth-order valence-corrected chi connectivity index (χ4v) is 5.02. The van der Waals surface area contributed by atoms with Gasteiger partial charge in [-0.25, -0.2) is 4.98 Å². The summed E-state index contributed by atoms with van der Waals surface area (Å²) in [6, 6.07) is 2.52. The van der Waals surface area contributed by atoms with Crippen molar-refractivity contribution in [1.29, 1.82) is 5.26 Å². The van der Waals surface area contributed by atoms with Gasteiger partial charge < -0.3 is 20.6 Å². The van der Waals surface area contributed by atoms with Crippen molar-refractivity contribution in [3.8, 4) is 6.07 Å². The minimum Gasteiger partial charge on any atom is -0.393 e. The number of aliphatic hydroxyl groups excluding tert-OH is 1. The van der Waals surface area contributed by atoms with Crippen LogP contribution in [0.1, 0.15) is 70.8 Å². The maximum absolute atomic E-state index is 12.6. The van der Waals surface area contributed by atoms with Crippen molar-refractivity contribution in [2.75, 3.05) is 24.7 Å². The summed E-state index contributed by atoms with van der Waals surface area (Å²) in [6.07, 6.45) is 8.55. The lowest BCUT2D eigenvalue weighted by molar-refractivity contribution is -0.141. The zero-order valence-corrected chi connectivity index (χ0v) is 19.2.